The van der Waals surface area contributed by atoms with Crippen LogP contribution in [0.4, 0.5) is 4.39 Å². The summed E-state index contributed by atoms with van der Waals surface area (Å²) in [5.41, 5.74) is 0.258. The molecule has 0 aliphatic heterocycles. The van der Waals surface area contributed by atoms with Crippen molar-refractivity contribution in [2.45, 2.75) is 6.42 Å². The minimum atomic E-state index is -1.05. The van der Waals surface area contributed by atoms with E-state index in [0.29, 0.717) is 0 Å². The van der Waals surface area contributed by atoms with E-state index in [2.05, 4.69) is 15.9 Å². The van der Waals surface area contributed by atoms with Gasteiger partial charge in [0.25, 0.3) is 0 Å². The molecule has 1 aromatic carbocycles. The second-order valence-electron chi connectivity index (χ2n) is 2.39. The van der Waals surface area contributed by atoms with Crippen molar-refractivity contribution in [2.24, 2.45) is 0 Å². The van der Waals surface area contributed by atoms with E-state index < -0.39 is 11.8 Å². The largest absolute Gasteiger partial charge is 0.481 e. The number of hydrogen-bond donors (Lipinski definition) is 1. The predicted octanol–water partition coefficient (Wildman–Crippen LogP) is 2.87. The van der Waals surface area contributed by atoms with Crippen LogP contribution in [0.3, 0.4) is 0 Å². The van der Waals surface area contributed by atoms with Gasteiger partial charge in [0.05, 0.1) is 10.9 Å². The Kier molecular flexibility index (Phi) is 3.27. The number of hydrogen-bond acceptors (Lipinski definition) is 1. The molecule has 1 rings (SSSR count). The molecule has 13 heavy (non-hydrogen) atoms. The average molecular weight is 267 g/mol. The second-order valence-corrected chi connectivity index (χ2v) is 3.59. The van der Waals surface area contributed by atoms with Crippen molar-refractivity contribution in [1.29, 1.82) is 0 Å². The number of benzene rings is 1. The van der Waals surface area contributed by atoms with Crippen LogP contribution in [0.1, 0.15) is 5.56 Å². The fraction of sp³-hybridized carbons (Fsp3) is 0.125. The Morgan fingerprint density at radius 3 is 2.77 bits per heavy atom. The lowest BCUT2D eigenvalue weighted by molar-refractivity contribution is -0.136. The molecule has 5 heteroatoms. The molecule has 0 unspecified atom stereocenters. The van der Waals surface area contributed by atoms with Crippen LogP contribution in [0.2, 0.25) is 5.02 Å². The Morgan fingerprint density at radius 1 is 1.62 bits per heavy atom. The van der Waals surface area contributed by atoms with Gasteiger partial charge in [-0.15, -0.1) is 0 Å². The molecule has 0 fully saturated rings. The lowest BCUT2D eigenvalue weighted by Crippen LogP contribution is -2.02. The summed E-state index contributed by atoms with van der Waals surface area (Å²) in [6.45, 7) is 0. The lowest BCUT2D eigenvalue weighted by Gasteiger charge is -2.04. The normalized spacial score (nSPS) is 10.1. The Labute approximate surface area is 87.5 Å². The molecule has 0 aliphatic carbocycles. The summed E-state index contributed by atoms with van der Waals surface area (Å²) in [7, 11) is 0. The zero-order valence-electron chi connectivity index (χ0n) is 6.35. The van der Waals surface area contributed by atoms with E-state index in [1.165, 1.54) is 12.1 Å². The van der Waals surface area contributed by atoms with Crippen molar-refractivity contribution in [3.63, 3.8) is 0 Å². The first kappa shape index (κ1) is 10.5. The molecule has 0 saturated carbocycles. The predicted molar refractivity (Wildman–Crippen MR) is 50.4 cm³/mol. The average Bonchev–Trinajstić information content (AvgIpc) is 2.05. The zero-order chi connectivity index (χ0) is 10.0. The summed E-state index contributed by atoms with van der Waals surface area (Å²) < 4.78 is 13.0. The molecular weight excluding hydrogens is 262 g/mol. The van der Waals surface area contributed by atoms with E-state index in [-0.39, 0.29) is 21.5 Å². The lowest BCUT2D eigenvalue weighted by atomic mass is 10.1. The van der Waals surface area contributed by atoms with E-state index in [0.717, 1.165) is 0 Å². The van der Waals surface area contributed by atoms with Crippen LogP contribution >= 0.6 is 27.5 Å². The molecule has 0 spiro atoms. The first-order valence-corrected chi connectivity index (χ1v) is 4.53. The van der Waals surface area contributed by atoms with Crippen LogP contribution in [0, 0.1) is 5.82 Å². The van der Waals surface area contributed by atoms with Crippen LogP contribution in [-0.4, -0.2) is 11.1 Å². The molecule has 0 aromatic heterocycles. The van der Waals surface area contributed by atoms with Gasteiger partial charge in [0.1, 0.15) is 5.82 Å². The quantitative estimate of drug-likeness (QED) is 0.837. The Morgan fingerprint density at radius 2 is 2.23 bits per heavy atom. The van der Waals surface area contributed by atoms with E-state index in [1.54, 1.807) is 0 Å². The number of halogens is 3. The monoisotopic (exact) mass is 266 g/mol. The molecule has 0 aliphatic rings. The maximum absolute atomic E-state index is 12.9. The third-order valence-electron chi connectivity index (χ3n) is 1.47. The highest BCUT2D eigenvalue weighted by molar-refractivity contribution is 9.10. The fourth-order valence-corrected chi connectivity index (χ4v) is 1.71. The van der Waals surface area contributed by atoms with Gasteiger partial charge in [0, 0.05) is 5.02 Å². The van der Waals surface area contributed by atoms with Gasteiger partial charge in [0.15, 0.2) is 0 Å². The van der Waals surface area contributed by atoms with Gasteiger partial charge in [-0.3, -0.25) is 4.79 Å². The number of carboxylic acid groups (broad SMARTS) is 1. The third kappa shape index (κ3) is 2.42. The van der Waals surface area contributed by atoms with Crippen molar-refractivity contribution in [2.75, 3.05) is 0 Å². The second kappa shape index (κ2) is 4.07. The number of carbonyl (C=O) groups is 1. The topological polar surface area (TPSA) is 37.3 Å². The van der Waals surface area contributed by atoms with E-state index in [4.69, 9.17) is 16.7 Å². The highest BCUT2D eigenvalue weighted by Crippen LogP contribution is 2.27. The standard InChI is InChI=1S/C8H5BrClFO2/c9-8-4(3-7(12)13)5(10)1-2-6(8)11/h1-2H,3H2,(H,12,13). The summed E-state index contributed by atoms with van der Waals surface area (Å²) >= 11 is 8.62. The van der Waals surface area contributed by atoms with Crippen LogP contribution in [0.5, 0.6) is 0 Å². The van der Waals surface area contributed by atoms with Crippen LogP contribution in [0.15, 0.2) is 16.6 Å². The Balaban J connectivity index is 3.17. The minimum absolute atomic E-state index is 0.113. The smallest absolute Gasteiger partial charge is 0.307 e. The molecule has 1 aromatic rings. The first-order valence-electron chi connectivity index (χ1n) is 3.36. The molecule has 2 nitrogen and oxygen atoms in total. The highest BCUT2D eigenvalue weighted by Gasteiger charge is 2.12. The summed E-state index contributed by atoms with van der Waals surface area (Å²) in [6, 6.07) is 2.51. The summed E-state index contributed by atoms with van der Waals surface area (Å²) in [5.74, 6) is -1.56. The SMILES string of the molecule is O=C(O)Cc1c(Cl)ccc(F)c1Br. The summed E-state index contributed by atoms with van der Waals surface area (Å²) in [5, 5.41) is 8.75. The van der Waals surface area contributed by atoms with Gasteiger partial charge in [-0.2, -0.15) is 0 Å². The van der Waals surface area contributed by atoms with Gasteiger partial charge >= 0.3 is 5.97 Å². The molecule has 0 atom stereocenters. The van der Waals surface area contributed by atoms with Crippen molar-refractivity contribution in [1.82, 2.24) is 0 Å². The maximum atomic E-state index is 12.9. The van der Waals surface area contributed by atoms with E-state index in [9.17, 15) is 9.18 Å². The third-order valence-corrected chi connectivity index (χ3v) is 2.68. The molecule has 0 bridgehead atoms. The van der Waals surface area contributed by atoms with Gasteiger partial charge in [-0.05, 0) is 33.6 Å². The fourth-order valence-electron chi connectivity index (χ4n) is 0.882. The van der Waals surface area contributed by atoms with Gasteiger partial charge < -0.3 is 5.11 Å². The molecule has 1 N–H and O–H groups in total. The number of carboxylic acids is 1. The molecule has 0 heterocycles. The van der Waals surface area contributed by atoms with Crippen molar-refractivity contribution in [3.05, 3.63) is 33.0 Å². The molecule has 70 valence electrons. The van der Waals surface area contributed by atoms with Crippen molar-refractivity contribution < 1.29 is 14.3 Å². The van der Waals surface area contributed by atoms with Crippen LogP contribution in [0.25, 0.3) is 0 Å². The number of aliphatic carboxylic acids is 1. The molecule has 0 amide bonds. The molecule has 0 radical (unpaired) electrons. The van der Waals surface area contributed by atoms with Crippen molar-refractivity contribution in [3.8, 4) is 0 Å². The van der Waals surface area contributed by atoms with Gasteiger partial charge in [0.2, 0.25) is 0 Å². The number of rotatable bonds is 2. The molecular formula is C8H5BrClFO2. The van der Waals surface area contributed by atoms with Crippen molar-refractivity contribution >= 4 is 33.5 Å². The van der Waals surface area contributed by atoms with E-state index in [1.807, 2.05) is 0 Å². The summed E-state index contributed by atoms with van der Waals surface area (Å²) in [4.78, 5) is 10.4. The highest BCUT2D eigenvalue weighted by atomic mass is 79.9. The maximum Gasteiger partial charge on any atom is 0.307 e. The summed E-state index contributed by atoms with van der Waals surface area (Å²) in [6.07, 6.45) is -0.294. The minimum Gasteiger partial charge on any atom is -0.481 e. The zero-order valence-corrected chi connectivity index (χ0v) is 8.69. The van der Waals surface area contributed by atoms with Crippen LogP contribution < -0.4 is 0 Å². The Hall–Kier alpha value is -0.610. The first-order chi connectivity index (χ1) is 6.02. The van der Waals surface area contributed by atoms with Gasteiger partial charge in [-0.1, -0.05) is 11.6 Å². The molecule has 0 saturated heterocycles. The van der Waals surface area contributed by atoms with E-state index >= 15 is 0 Å². The van der Waals surface area contributed by atoms with Crippen LogP contribution in [-0.2, 0) is 11.2 Å². The van der Waals surface area contributed by atoms with Gasteiger partial charge in [-0.25, -0.2) is 4.39 Å². The Bertz CT molecular complexity index is 354.